The van der Waals surface area contributed by atoms with Crippen molar-refractivity contribution < 1.29 is 23.9 Å². The maximum absolute atomic E-state index is 13.8. The lowest BCUT2D eigenvalue weighted by Crippen LogP contribution is -2.50. The molecule has 15 nitrogen and oxygen atoms in total. The van der Waals surface area contributed by atoms with Gasteiger partial charge in [0.15, 0.2) is 0 Å². The van der Waals surface area contributed by atoms with Gasteiger partial charge in [-0.2, -0.15) is 0 Å². The van der Waals surface area contributed by atoms with Crippen molar-refractivity contribution in [2.45, 2.75) is 74.5 Å². The minimum atomic E-state index is -0.711. The summed E-state index contributed by atoms with van der Waals surface area (Å²) in [5.41, 5.74) is 19.9. The maximum Gasteiger partial charge on any atom is 0.328 e. The predicted molar refractivity (Wildman–Crippen MR) is 222 cm³/mol. The van der Waals surface area contributed by atoms with Crippen molar-refractivity contribution in [1.29, 1.82) is 0 Å². The number of benzene rings is 4. The van der Waals surface area contributed by atoms with Gasteiger partial charge in [-0.1, -0.05) is 95.9 Å². The van der Waals surface area contributed by atoms with Crippen molar-refractivity contribution in [2.24, 2.45) is 22.1 Å². The second-order valence-corrected chi connectivity index (χ2v) is 16.6. The molecule has 59 heavy (non-hydrogen) atoms. The van der Waals surface area contributed by atoms with E-state index in [9.17, 15) is 14.4 Å². The standard InChI is InChI=1S/C25H28N6O3.C19H20N4O2/c26-28-27-21-8-7-20(18-5-1-2-6-19(18)21)22-16-17-4-3-9-25(17)23(32)30(24(33)31(22)25)11-10-29-12-14-34-15-13-29;1-25-18(24)19-10-4-5-12(19)11-17(21-19)15-8-9-16(22-23-20)14-7-3-2-6-13(14)15/h1-2,5-8,17,22H,3-4,9-16H2;2-3,6-9,12,17,21H,4-5,10-11H2,1H3/t17-,22+,25-;12-,17+,19-/m00/s1. The number of carbonyl (C=O) groups excluding carboxylic acids is 3. The number of hydrogen-bond donors (Lipinski definition) is 1. The number of nitrogens with one attached hydrogen (secondary N) is 1. The van der Waals surface area contributed by atoms with E-state index in [2.05, 4.69) is 30.3 Å². The molecular formula is C44H48N10O5. The Hall–Kier alpha value is -5.69. The number of urea groups is 1. The van der Waals surface area contributed by atoms with Crippen LogP contribution >= 0.6 is 0 Å². The van der Waals surface area contributed by atoms with Gasteiger partial charge in [-0.05, 0) is 94.1 Å². The zero-order chi connectivity index (χ0) is 40.7. The lowest BCUT2D eigenvalue weighted by molar-refractivity contribution is -0.149. The Balaban J connectivity index is 0.000000160. The Morgan fingerprint density at radius 3 is 2.08 bits per heavy atom. The molecule has 0 bridgehead atoms. The lowest BCUT2D eigenvalue weighted by Gasteiger charge is -2.31. The molecule has 0 unspecified atom stereocenters. The number of carbonyl (C=O) groups is 3. The van der Waals surface area contributed by atoms with Crippen molar-refractivity contribution in [3.63, 3.8) is 0 Å². The maximum atomic E-state index is 13.8. The first-order chi connectivity index (χ1) is 28.8. The van der Waals surface area contributed by atoms with Crippen LogP contribution < -0.4 is 5.32 Å². The summed E-state index contributed by atoms with van der Waals surface area (Å²) in [6.07, 6.45) is 7.32. The van der Waals surface area contributed by atoms with Crippen LogP contribution in [0.3, 0.4) is 0 Å². The third kappa shape index (κ3) is 6.36. The van der Waals surface area contributed by atoms with E-state index in [0.717, 1.165) is 97.1 Å². The predicted octanol–water partition coefficient (Wildman–Crippen LogP) is 8.89. The van der Waals surface area contributed by atoms with Crippen molar-refractivity contribution in [1.82, 2.24) is 20.0 Å². The first kappa shape index (κ1) is 38.8. The summed E-state index contributed by atoms with van der Waals surface area (Å²) in [6.45, 7) is 4.16. The second-order valence-electron chi connectivity index (χ2n) is 16.6. The number of esters is 1. The number of fused-ring (bicyclic) bond motifs is 3. The van der Waals surface area contributed by atoms with Gasteiger partial charge >= 0.3 is 12.0 Å². The number of imide groups is 1. The van der Waals surface area contributed by atoms with E-state index in [0.29, 0.717) is 43.6 Å². The Bertz CT molecular complexity index is 2430. The molecule has 3 amide bonds. The van der Waals surface area contributed by atoms with Gasteiger partial charge in [0.1, 0.15) is 11.1 Å². The molecule has 4 aliphatic heterocycles. The molecule has 0 aromatic heterocycles. The number of azide groups is 2. The summed E-state index contributed by atoms with van der Waals surface area (Å²) in [4.78, 5) is 51.7. The zero-order valence-electron chi connectivity index (χ0n) is 33.2. The third-order valence-corrected chi connectivity index (χ3v) is 14.1. The van der Waals surface area contributed by atoms with E-state index < -0.39 is 11.1 Å². The Morgan fingerprint density at radius 1 is 0.814 bits per heavy atom. The first-order valence-corrected chi connectivity index (χ1v) is 20.8. The van der Waals surface area contributed by atoms with E-state index in [1.165, 1.54) is 12.0 Å². The van der Waals surface area contributed by atoms with E-state index in [4.69, 9.17) is 20.5 Å². The molecule has 0 radical (unpaired) electrons. The molecular weight excluding hydrogens is 749 g/mol. The molecule has 4 aromatic rings. The highest BCUT2D eigenvalue weighted by atomic mass is 16.5. The van der Waals surface area contributed by atoms with Gasteiger partial charge in [-0.15, -0.1) is 0 Å². The molecule has 6 atom stereocenters. The first-order valence-electron chi connectivity index (χ1n) is 20.8. The molecule has 6 aliphatic rings. The average Bonchev–Trinajstić information content (AvgIpc) is 4.07. The summed E-state index contributed by atoms with van der Waals surface area (Å²) >= 11 is 0. The van der Waals surface area contributed by atoms with Crippen molar-refractivity contribution in [3.05, 3.63) is 105 Å². The number of morpholine rings is 1. The molecule has 1 spiro atoms. The fourth-order valence-corrected chi connectivity index (χ4v) is 11.4. The molecule has 10 rings (SSSR count). The largest absolute Gasteiger partial charge is 0.468 e. The van der Waals surface area contributed by atoms with Gasteiger partial charge in [0, 0.05) is 53.4 Å². The molecule has 2 saturated carbocycles. The summed E-state index contributed by atoms with van der Waals surface area (Å²) in [6, 6.07) is 23.2. The molecule has 6 fully saturated rings. The van der Waals surface area contributed by atoms with Crippen LogP contribution in [0.2, 0.25) is 0 Å². The minimum Gasteiger partial charge on any atom is -0.468 e. The van der Waals surface area contributed by atoms with Crippen LogP contribution in [0.15, 0.2) is 83.0 Å². The number of nitrogens with zero attached hydrogens (tertiary/aromatic N) is 9. The molecule has 15 heteroatoms. The monoisotopic (exact) mass is 796 g/mol. The molecule has 4 saturated heterocycles. The average molecular weight is 797 g/mol. The van der Waals surface area contributed by atoms with Gasteiger partial charge in [0.25, 0.3) is 5.91 Å². The summed E-state index contributed by atoms with van der Waals surface area (Å²) in [5.74, 6) is 0.330. The summed E-state index contributed by atoms with van der Waals surface area (Å²) < 4.78 is 10.5. The Kier molecular flexibility index (Phi) is 10.4. The van der Waals surface area contributed by atoms with Gasteiger partial charge < -0.3 is 14.4 Å². The van der Waals surface area contributed by atoms with E-state index >= 15 is 0 Å². The smallest absolute Gasteiger partial charge is 0.328 e. The van der Waals surface area contributed by atoms with E-state index in [1.54, 1.807) is 0 Å². The van der Waals surface area contributed by atoms with Gasteiger partial charge in [0.2, 0.25) is 0 Å². The molecule has 2 aliphatic carbocycles. The van der Waals surface area contributed by atoms with Gasteiger partial charge in [0.05, 0.1) is 26.4 Å². The van der Waals surface area contributed by atoms with Crippen LogP contribution in [0.4, 0.5) is 16.2 Å². The van der Waals surface area contributed by atoms with Crippen LogP contribution in [-0.4, -0.2) is 90.2 Å². The van der Waals surface area contributed by atoms with Crippen LogP contribution in [0.5, 0.6) is 0 Å². The fourth-order valence-electron chi connectivity index (χ4n) is 11.4. The number of ether oxygens (including phenoxy) is 2. The van der Waals surface area contributed by atoms with Crippen molar-refractivity contribution in [2.75, 3.05) is 46.5 Å². The van der Waals surface area contributed by atoms with Crippen molar-refractivity contribution in [3.8, 4) is 0 Å². The zero-order valence-corrected chi connectivity index (χ0v) is 33.2. The van der Waals surface area contributed by atoms with Crippen LogP contribution in [-0.2, 0) is 19.1 Å². The third-order valence-electron chi connectivity index (χ3n) is 14.1. The SMILES string of the molecule is COC(=O)[C@]12CCC[C@H]1C[C@H](c1ccc(N=[N+]=[N-])c3ccccc13)N2.[N-]=[N+]=Nc1ccc([C@H]2C[C@@H]3CCC[C@@]34C(=O)N(CCN3CCOCC3)C(=O)N24)c2ccccc12. The lowest BCUT2D eigenvalue weighted by atomic mass is 9.87. The van der Waals surface area contributed by atoms with Gasteiger partial charge in [-0.3, -0.25) is 24.7 Å². The van der Waals surface area contributed by atoms with E-state index in [1.807, 2.05) is 77.7 Å². The highest BCUT2D eigenvalue weighted by molar-refractivity contribution is 6.08. The molecule has 1 N–H and O–H groups in total. The fraction of sp³-hybridized carbons (Fsp3) is 0.477. The highest BCUT2D eigenvalue weighted by Crippen LogP contribution is 2.59. The minimum absolute atomic E-state index is 0.00855. The number of hydrogen-bond acceptors (Lipinski definition) is 9. The second kappa shape index (κ2) is 15.8. The molecule has 4 aromatic carbocycles. The normalized spacial score (nSPS) is 28.4. The van der Waals surface area contributed by atoms with Crippen LogP contribution in [0.25, 0.3) is 42.4 Å². The molecule has 304 valence electrons. The highest BCUT2D eigenvalue weighted by Gasteiger charge is 2.68. The number of amides is 3. The summed E-state index contributed by atoms with van der Waals surface area (Å²) in [7, 11) is 1.46. The quantitative estimate of drug-likeness (QED) is 0.0605. The van der Waals surface area contributed by atoms with Crippen LogP contribution in [0, 0.1) is 11.8 Å². The summed E-state index contributed by atoms with van der Waals surface area (Å²) in [5, 5.41) is 15.1. The Morgan fingerprint density at radius 2 is 1.42 bits per heavy atom. The number of methoxy groups -OCH3 is 1. The topological polar surface area (TPSA) is 189 Å². The van der Waals surface area contributed by atoms with E-state index in [-0.39, 0.29) is 35.9 Å². The van der Waals surface area contributed by atoms with Crippen LogP contribution in [0.1, 0.15) is 74.6 Å². The van der Waals surface area contributed by atoms with Crippen molar-refractivity contribution >= 4 is 50.8 Å². The molecule has 4 heterocycles. The Labute approximate surface area is 341 Å². The van der Waals surface area contributed by atoms with Gasteiger partial charge in [-0.25, -0.2) is 4.79 Å². The number of rotatable bonds is 8.